The maximum Gasteiger partial charge on any atom is 0.424 e. The Kier molecular flexibility index (Phi) is 5.69. The standard InChI is InChI=1S/C12H21NO2Si/c1-4-16(14-2,15-3)13-11-10-12-8-6-5-7-9-12/h5-9,13H,4,10-11H2,1-3H3. The van der Waals surface area contributed by atoms with Crippen LogP contribution in [0, 0.1) is 0 Å². The summed E-state index contributed by atoms with van der Waals surface area (Å²) in [4.78, 5) is 3.43. The Hall–Kier alpha value is -0.683. The van der Waals surface area contributed by atoms with E-state index in [-0.39, 0.29) is 0 Å². The summed E-state index contributed by atoms with van der Waals surface area (Å²) in [6.07, 6.45) is 1.00. The van der Waals surface area contributed by atoms with Crippen molar-refractivity contribution in [2.75, 3.05) is 20.8 Å². The second kappa shape index (κ2) is 6.80. The van der Waals surface area contributed by atoms with E-state index >= 15 is 0 Å². The van der Waals surface area contributed by atoms with E-state index in [1.54, 1.807) is 14.2 Å². The lowest BCUT2D eigenvalue weighted by Gasteiger charge is -2.26. The molecule has 0 aliphatic heterocycles. The van der Waals surface area contributed by atoms with Crippen LogP contribution in [-0.2, 0) is 15.3 Å². The van der Waals surface area contributed by atoms with Crippen molar-refractivity contribution >= 4 is 8.72 Å². The Bertz CT molecular complexity index is 280. The molecule has 0 saturated carbocycles. The zero-order valence-corrected chi connectivity index (χ0v) is 11.3. The molecule has 1 aromatic carbocycles. The van der Waals surface area contributed by atoms with Gasteiger partial charge in [-0.15, -0.1) is 0 Å². The molecule has 0 fully saturated rings. The van der Waals surface area contributed by atoms with Gasteiger partial charge in [0.05, 0.1) is 0 Å². The minimum Gasteiger partial charge on any atom is -0.386 e. The van der Waals surface area contributed by atoms with Gasteiger partial charge in [-0.25, -0.2) is 0 Å². The van der Waals surface area contributed by atoms with Crippen molar-refractivity contribution in [3.8, 4) is 0 Å². The van der Waals surface area contributed by atoms with Crippen LogP contribution in [0.15, 0.2) is 30.3 Å². The molecule has 0 atom stereocenters. The maximum atomic E-state index is 5.48. The lowest BCUT2D eigenvalue weighted by Crippen LogP contribution is -2.54. The van der Waals surface area contributed by atoms with E-state index in [9.17, 15) is 0 Å². The molecule has 0 unspecified atom stereocenters. The van der Waals surface area contributed by atoms with Gasteiger partial charge in [-0.3, -0.25) is 4.98 Å². The molecule has 16 heavy (non-hydrogen) atoms. The third-order valence-corrected chi connectivity index (χ3v) is 5.81. The number of rotatable bonds is 7. The van der Waals surface area contributed by atoms with Crippen molar-refractivity contribution in [2.24, 2.45) is 0 Å². The molecule has 1 aromatic rings. The molecule has 0 bridgehead atoms. The first-order valence-corrected chi connectivity index (χ1v) is 7.68. The van der Waals surface area contributed by atoms with Crippen LogP contribution in [0.3, 0.4) is 0 Å². The summed E-state index contributed by atoms with van der Waals surface area (Å²) in [5.41, 5.74) is 1.33. The fraction of sp³-hybridized carbons (Fsp3) is 0.500. The quantitative estimate of drug-likeness (QED) is 0.739. The fourth-order valence-corrected chi connectivity index (χ4v) is 3.47. The fourth-order valence-electron chi connectivity index (χ4n) is 1.68. The second-order valence-electron chi connectivity index (χ2n) is 3.68. The zero-order chi connectivity index (χ0) is 11.9. The van der Waals surface area contributed by atoms with Gasteiger partial charge >= 0.3 is 8.72 Å². The van der Waals surface area contributed by atoms with Crippen LogP contribution < -0.4 is 4.98 Å². The number of hydrogen-bond acceptors (Lipinski definition) is 3. The second-order valence-corrected chi connectivity index (χ2v) is 7.06. The highest BCUT2D eigenvalue weighted by Crippen LogP contribution is 2.07. The van der Waals surface area contributed by atoms with Crippen molar-refractivity contribution < 1.29 is 8.85 Å². The van der Waals surface area contributed by atoms with Gasteiger partial charge < -0.3 is 8.85 Å². The Morgan fingerprint density at radius 3 is 2.25 bits per heavy atom. The van der Waals surface area contributed by atoms with Crippen LogP contribution >= 0.6 is 0 Å². The highest BCUT2D eigenvalue weighted by atomic mass is 28.4. The average Bonchev–Trinajstić information content (AvgIpc) is 2.37. The molecule has 0 aromatic heterocycles. The number of nitrogens with one attached hydrogen (secondary N) is 1. The summed E-state index contributed by atoms with van der Waals surface area (Å²) < 4.78 is 11.0. The van der Waals surface area contributed by atoms with Gasteiger partial charge in [0, 0.05) is 20.3 Å². The summed E-state index contributed by atoms with van der Waals surface area (Å²) in [5, 5.41) is 0. The van der Waals surface area contributed by atoms with Gasteiger partial charge in [-0.1, -0.05) is 37.3 Å². The lowest BCUT2D eigenvalue weighted by molar-refractivity contribution is 0.229. The molecule has 1 N–H and O–H groups in total. The Balaban J connectivity index is 2.39. The monoisotopic (exact) mass is 239 g/mol. The Morgan fingerprint density at radius 1 is 1.12 bits per heavy atom. The lowest BCUT2D eigenvalue weighted by atomic mass is 10.2. The average molecular weight is 239 g/mol. The van der Waals surface area contributed by atoms with Crippen molar-refractivity contribution in [3.05, 3.63) is 35.9 Å². The first-order valence-electron chi connectivity index (χ1n) is 5.65. The van der Waals surface area contributed by atoms with Gasteiger partial charge in [0.2, 0.25) is 0 Å². The molecular weight excluding hydrogens is 218 g/mol. The molecule has 3 nitrogen and oxygen atoms in total. The summed E-state index contributed by atoms with van der Waals surface area (Å²) in [7, 11) is 1.31. The molecule has 0 saturated heterocycles. The van der Waals surface area contributed by atoms with Gasteiger partial charge in [0.15, 0.2) is 0 Å². The van der Waals surface area contributed by atoms with Crippen molar-refractivity contribution in [3.63, 3.8) is 0 Å². The predicted octanol–water partition coefficient (Wildman–Crippen LogP) is 2.07. The smallest absolute Gasteiger partial charge is 0.386 e. The van der Waals surface area contributed by atoms with Crippen LogP contribution in [0.1, 0.15) is 12.5 Å². The van der Waals surface area contributed by atoms with Gasteiger partial charge in [0.25, 0.3) is 0 Å². The van der Waals surface area contributed by atoms with E-state index < -0.39 is 8.72 Å². The maximum absolute atomic E-state index is 5.48. The Morgan fingerprint density at radius 2 is 1.75 bits per heavy atom. The normalized spacial score (nSPS) is 11.7. The molecule has 0 spiro atoms. The Labute approximate surface area is 99.1 Å². The topological polar surface area (TPSA) is 30.5 Å². The minimum atomic E-state index is -2.12. The molecule has 1 rings (SSSR count). The van der Waals surface area contributed by atoms with Crippen LogP contribution in [0.2, 0.25) is 6.04 Å². The third kappa shape index (κ3) is 3.72. The first kappa shape index (κ1) is 13.4. The SMILES string of the molecule is CC[Si](NCCc1ccccc1)(OC)OC. The van der Waals surface area contributed by atoms with Gasteiger partial charge in [-0.05, 0) is 18.5 Å². The van der Waals surface area contributed by atoms with Crippen molar-refractivity contribution in [1.29, 1.82) is 0 Å². The first-order chi connectivity index (χ1) is 7.76. The highest BCUT2D eigenvalue weighted by molar-refractivity contribution is 6.64. The summed E-state index contributed by atoms with van der Waals surface area (Å²) in [6.45, 7) is 2.99. The third-order valence-electron chi connectivity index (χ3n) is 2.78. The van der Waals surface area contributed by atoms with E-state index in [4.69, 9.17) is 8.85 Å². The van der Waals surface area contributed by atoms with Crippen LogP contribution in [0.5, 0.6) is 0 Å². The molecule has 4 heteroatoms. The number of benzene rings is 1. The molecule has 0 heterocycles. The summed E-state index contributed by atoms with van der Waals surface area (Å²) in [5.74, 6) is 0. The molecule has 0 radical (unpaired) electrons. The van der Waals surface area contributed by atoms with Crippen LogP contribution in [0.4, 0.5) is 0 Å². The molecule has 0 amide bonds. The molecule has 0 aliphatic carbocycles. The largest absolute Gasteiger partial charge is 0.424 e. The van der Waals surface area contributed by atoms with Crippen LogP contribution in [-0.4, -0.2) is 29.5 Å². The molecular formula is C12H21NO2Si. The predicted molar refractivity (Wildman–Crippen MR) is 68.4 cm³/mol. The van der Waals surface area contributed by atoms with Crippen molar-refractivity contribution in [2.45, 2.75) is 19.4 Å². The van der Waals surface area contributed by atoms with E-state index in [2.05, 4.69) is 36.2 Å². The van der Waals surface area contributed by atoms with Crippen LogP contribution in [0.25, 0.3) is 0 Å². The van der Waals surface area contributed by atoms with E-state index in [0.29, 0.717) is 0 Å². The summed E-state index contributed by atoms with van der Waals surface area (Å²) >= 11 is 0. The zero-order valence-electron chi connectivity index (χ0n) is 10.3. The van der Waals surface area contributed by atoms with E-state index in [1.807, 2.05) is 6.07 Å². The minimum absolute atomic E-state index is 0.895. The van der Waals surface area contributed by atoms with E-state index in [1.165, 1.54) is 5.56 Å². The number of hydrogen-bond donors (Lipinski definition) is 1. The van der Waals surface area contributed by atoms with Crippen molar-refractivity contribution in [1.82, 2.24) is 4.98 Å². The molecule has 90 valence electrons. The van der Waals surface area contributed by atoms with E-state index in [0.717, 1.165) is 19.0 Å². The summed E-state index contributed by atoms with van der Waals surface area (Å²) in [6, 6.07) is 11.3. The molecule has 0 aliphatic rings. The van der Waals surface area contributed by atoms with Gasteiger partial charge in [0.1, 0.15) is 0 Å². The van der Waals surface area contributed by atoms with Gasteiger partial charge in [-0.2, -0.15) is 0 Å². The highest BCUT2D eigenvalue weighted by Gasteiger charge is 2.33.